The van der Waals surface area contributed by atoms with Crippen LogP contribution in [0, 0.1) is 150 Å². The predicted octanol–water partition coefficient (Wildman–Crippen LogP) is 20.2. The lowest BCUT2D eigenvalue weighted by Crippen LogP contribution is -2.31. The van der Waals surface area contributed by atoms with Crippen molar-refractivity contribution in [3.8, 4) is 23.7 Å². The topological polar surface area (TPSA) is 242 Å². The van der Waals surface area contributed by atoms with Crippen LogP contribution in [0.15, 0.2) is 140 Å². The van der Waals surface area contributed by atoms with Gasteiger partial charge in [-0.25, -0.2) is 79.0 Å². The summed E-state index contributed by atoms with van der Waals surface area (Å²) in [5.41, 5.74) is -19.1. The Labute approximate surface area is 729 Å². The van der Waals surface area contributed by atoms with E-state index < -0.39 is 269 Å². The summed E-state index contributed by atoms with van der Waals surface area (Å²) in [6.45, 7) is 10.8. The van der Waals surface area contributed by atoms with Crippen molar-refractivity contribution < 1.29 is 117 Å². The fourth-order valence-electron chi connectivity index (χ4n) is 17.4. The van der Waals surface area contributed by atoms with E-state index in [1.807, 2.05) is 0 Å². The van der Waals surface area contributed by atoms with Gasteiger partial charge in [-0.3, -0.25) is 39.1 Å². The molecule has 0 unspecified atom stereocenters. The van der Waals surface area contributed by atoms with Gasteiger partial charge in [-0.1, -0.05) is 67.2 Å². The standard InChI is InChI=1S/C94H74F18N10O8/c1-91(2,35-55(123)127-9)67-47-25-17-39(115-47)59(63-71(95)79(103)83(107)80(104)72(63)96)40-18-26-48(116-40)68(92(3,4)36-56(124)128-10)52-30-22-44(120-52)61(43-21-29-51(67)119-43)65-75(99)85(109)89(86(110)76(65)100)113-33-15-13-14-16-34-114-90-87(111)77(101)66(78(102)88(90)112)62-45-23-31-53(121-45)69(93(5,6)37-57(125)129-11)49-27-19-41(117-49)60(64-73(97)81(105)84(108)82(106)74(64)98)42-20-28-50(118-42)70(54-32-24-46(62)122-54)94(7,8)38-58(126)130-12/h17-32,67-70,113-115,117,120,122H,33-38H2,1-12H3/b59-40+,60-42+,61-43+,62-45+/t67-,68+,69-,70+/m1/s1. The number of aliphatic imine (C=N–C) groups is 4. The summed E-state index contributed by atoms with van der Waals surface area (Å²) >= 11 is 0. The molecule has 4 atom stereocenters. The van der Waals surface area contributed by atoms with Gasteiger partial charge in [0.05, 0.1) is 135 Å². The number of nitrogens with one attached hydrogen (secondary N) is 6. The molecule has 18 nitrogen and oxygen atoms in total. The molecule has 0 saturated carbocycles. The SMILES string of the molecule is COC(=O)CC(C)(C)[C@H]1C2=N/C(=C(/c3c(F)c(F)c(NCC#CC#CCNc4c(F)c(F)c(/C5=C6\C=CC(=N6)[C@H](C(C)(C)CC(=O)OC)c6ccc([nH]6)/C(c6c(F)c(F)c(F)c(F)c6F)=C6/C=CC(=N6)[C@H](C(C)(C)CC(=O)OC)c6ccc5[nH]6)c(F)c4F)c(F)c3F)c3ccc([nH]3)[C@@H](C(C)(C)CC(=O)OC)C3=N/C(=C(/c4c(F)c(F)c(F)c(F)c4F)c4ccc1[nH]4)C=C3)C=C2. The zero-order chi connectivity index (χ0) is 94.3. The molecular formula is C94H74F18N10O8. The van der Waals surface area contributed by atoms with E-state index in [1.165, 1.54) is 97.1 Å². The van der Waals surface area contributed by atoms with Crippen LogP contribution < -0.4 is 10.6 Å². The van der Waals surface area contributed by atoms with Gasteiger partial charge in [0.2, 0.25) is 11.6 Å². The number of hydrogen-bond acceptors (Lipinski definition) is 14. The lowest BCUT2D eigenvalue weighted by molar-refractivity contribution is -0.144. The number of benzene rings is 4. The number of allylic oxidation sites excluding steroid dienone is 8. The second-order valence-electron chi connectivity index (χ2n) is 33.7. The van der Waals surface area contributed by atoms with E-state index in [2.05, 4.69) is 54.3 Å². The third-order valence-corrected chi connectivity index (χ3v) is 23.3. The number of methoxy groups -OCH3 is 4. The first-order valence-corrected chi connectivity index (χ1v) is 39.7. The summed E-state index contributed by atoms with van der Waals surface area (Å²) in [6.07, 6.45) is 8.43. The van der Waals surface area contributed by atoms with Crippen LogP contribution in [0.4, 0.5) is 90.4 Å². The number of carbonyl (C=O) groups excluding carboxylic acids is 4. The number of anilines is 2. The van der Waals surface area contributed by atoms with Crippen LogP contribution in [0.1, 0.15) is 173 Å². The quantitative estimate of drug-likeness (QED) is 0.0105. The maximum absolute atomic E-state index is 17.4. The van der Waals surface area contributed by atoms with Gasteiger partial charge < -0.3 is 49.5 Å². The number of fused-ring (bicyclic) bond motifs is 12. The van der Waals surface area contributed by atoms with Crippen molar-refractivity contribution in [2.45, 2.75) is 105 Å². The second kappa shape index (κ2) is 35.2. The third-order valence-electron chi connectivity index (χ3n) is 23.3. The van der Waals surface area contributed by atoms with E-state index in [0.29, 0.717) is 0 Å². The molecule has 4 aromatic heterocycles. The van der Waals surface area contributed by atoms with Crippen molar-refractivity contribution in [1.29, 1.82) is 0 Å². The number of nitrogens with zero attached hydrogens (tertiary/aromatic N) is 4. The molecule has 6 aliphatic rings. The molecular weight excluding hydrogens is 1740 g/mol. The monoisotopic (exact) mass is 1810 g/mol. The zero-order valence-electron chi connectivity index (χ0n) is 70.6. The molecule has 8 aromatic rings. The molecule has 0 amide bonds. The molecule has 6 aliphatic heterocycles. The Bertz CT molecular complexity index is 6230. The minimum absolute atomic E-state index is 0.0420. The molecule has 674 valence electrons. The Hall–Kier alpha value is -14.1. The number of aromatic nitrogens is 4. The van der Waals surface area contributed by atoms with Crippen LogP contribution in [-0.4, -0.2) is 108 Å². The van der Waals surface area contributed by atoms with Crippen molar-refractivity contribution in [3.05, 3.63) is 292 Å². The van der Waals surface area contributed by atoms with Gasteiger partial charge in [0.1, 0.15) is 11.4 Å². The lowest BCUT2D eigenvalue weighted by atomic mass is 9.72. The van der Waals surface area contributed by atoms with Crippen LogP contribution in [0.5, 0.6) is 0 Å². The average molecular weight is 1810 g/mol. The van der Waals surface area contributed by atoms with Crippen molar-refractivity contribution >= 4 is 80.4 Å². The Kier molecular flexibility index (Phi) is 24.9. The highest BCUT2D eigenvalue weighted by Crippen LogP contribution is 2.52. The van der Waals surface area contributed by atoms with Gasteiger partial charge in [0, 0.05) is 91.5 Å². The first kappa shape index (κ1) is 92.1. The van der Waals surface area contributed by atoms with Gasteiger partial charge in [0.25, 0.3) is 0 Å². The Morgan fingerprint density at radius 1 is 0.300 bits per heavy atom. The number of carbonyl (C=O) groups is 4. The number of esters is 4. The molecule has 4 aromatic carbocycles. The average Bonchev–Trinajstić information content (AvgIpc) is 1.48. The molecule has 0 saturated heterocycles. The zero-order valence-corrected chi connectivity index (χ0v) is 70.6. The fraction of sp³-hybridized carbons (Fsp3) is 0.277. The van der Waals surface area contributed by atoms with Gasteiger partial charge in [-0.2, -0.15) is 0 Å². The number of rotatable bonds is 20. The van der Waals surface area contributed by atoms with Gasteiger partial charge in [-0.15, -0.1) is 0 Å². The highest BCUT2D eigenvalue weighted by Gasteiger charge is 2.47. The van der Waals surface area contributed by atoms with Crippen LogP contribution in [0.3, 0.4) is 0 Å². The maximum Gasteiger partial charge on any atom is 0.306 e. The summed E-state index contributed by atoms with van der Waals surface area (Å²) < 4.78 is 313. The minimum Gasteiger partial charge on any atom is -0.469 e. The van der Waals surface area contributed by atoms with Gasteiger partial charge >= 0.3 is 23.9 Å². The van der Waals surface area contributed by atoms with E-state index in [1.54, 1.807) is 55.4 Å². The number of halogens is 18. The molecule has 0 aliphatic carbocycles. The molecule has 0 fully saturated rings. The Morgan fingerprint density at radius 3 is 0.692 bits per heavy atom. The maximum atomic E-state index is 17.4. The summed E-state index contributed by atoms with van der Waals surface area (Å²) in [6, 6.07) is 10.3. The molecule has 130 heavy (non-hydrogen) atoms. The van der Waals surface area contributed by atoms with Crippen LogP contribution in [0.25, 0.3) is 22.3 Å². The van der Waals surface area contributed by atoms with Crippen LogP contribution in [-0.2, 0) is 38.1 Å². The normalized spacial score (nSPS) is 19.3. The largest absolute Gasteiger partial charge is 0.469 e. The molecule has 0 spiro atoms. The van der Waals surface area contributed by atoms with E-state index in [0.717, 1.165) is 28.4 Å². The van der Waals surface area contributed by atoms with E-state index >= 15 is 70.2 Å². The fourth-order valence-corrected chi connectivity index (χ4v) is 17.4. The van der Waals surface area contributed by atoms with Gasteiger partial charge in [-0.05, 0) is 131 Å². The third kappa shape index (κ3) is 16.5. The van der Waals surface area contributed by atoms with Crippen molar-refractivity contribution in [2.24, 2.45) is 41.6 Å². The molecule has 16 bridgehead atoms. The lowest BCUT2D eigenvalue weighted by Gasteiger charge is -2.33. The summed E-state index contributed by atoms with van der Waals surface area (Å²) in [7, 11) is 4.38. The summed E-state index contributed by atoms with van der Waals surface area (Å²) in [5.74, 6) is -38.0. The predicted molar refractivity (Wildman–Crippen MR) is 444 cm³/mol. The summed E-state index contributed by atoms with van der Waals surface area (Å²) in [5, 5.41) is 4.33. The van der Waals surface area contributed by atoms with E-state index in [4.69, 9.17) is 38.9 Å². The highest BCUT2D eigenvalue weighted by molar-refractivity contribution is 6.10. The number of H-pyrrole nitrogens is 4. The van der Waals surface area contributed by atoms with Crippen LogP contribution in [0.2, 0.25) is 0 Å². The van der Waals surface area contributed by atoms with Crippen molar-refractivity contribution in [3.63, 3.8) is 0 Å². The number of ether oxygens (including phenoxy) is 4. The molecule has 14 rings (SSSR count). The van der Waals surface area contributed by atoms with Crippen molar-refractivity contribution in [2.75, 3.05) is 52.2 Å². The number of hydrogen-bond donors (Lipinski definition) is 6. The smallest absolute Gasteiger partial charge is 0.306 e. The Morgan fingerprint density at radius 2 is 0.492 bits per heavy atom. The van der Waals surface area contributed by atoms with Gasteiger partial charge in [0.15, 0.2) is 93.1 Å². The second-order valence-corrected chi connectivity index (χ2v) is 33.7. The summed E-state index contributed by atoms with van der Waals surface area (Å²) in [4.78, 5) is 83.8. The molecule has 36 heteroatoms. The molecule has 10 heterocycles. The van der Waals surface area contributed by atoms with E-state index in [-0.39, 0.29) is 91.2 Å². The molecule has 6 N–H and O–H groups in total. The van der Waals surface area contributed by atoms with E-state index in [9.17, 15) is 28.0 Å². The first-order valence-electron chi connectivity index (χ1n) is 39.7. The highest BCUT2D eigenvalue weighted by atomic mass is 19.2. The van der Waals surface area contributed by atoms with Crippen LogP contribution >= 0.6 is 0 Å². The number of aromatic amines is 4. The minimum atomic E-state index is -2.46. The molecule has 0 radical (unpaired) electrons. The Balaban J connectivity index is 0.798. The van der Waals surface area contributed by atoms with Crippen molar-refractivity contribution in [1.82, 2.24) is 19.9 Å². The first-order chi connectivity index (χ1) is 61.4.